The Labute approximate surface area is 128 Å². The van der Waals surface area contributed by atoms with Crippen molar-refractivity contribution in [2.24, 2.45) is 17.8 Å². The second-order valence-electron chi connectivity index (χ2n) is 7.53. The first-order valence-electron chi connectivity index (χ1n) is 9.02. The molecule has 4 rings (SSSR count). The summed E-state index contributed by atoms with van der Waals surface area (Å²) in [6.45, 7) is 3.34. The summed E-state index contributed by atoms with van der Waals surface area (Å²) in [7, 11) is 0. The molecule has 2 nitrogen and oxygen atoms in total. The molecule has 2 saturated carbocycles. The van der Waals surface area contributed by atoms with Crippen LogP contribution < -0.4 is 5.32 Å². The molecular formula is C19H28N2. The van der Waals surface area contributed by atoms with Crippen LogP contribution in [0.2, 0.25) is 0 Å². The minimum Gasteiger partial charge on any atom is -0.314 e. The minimum absolute atomic E-state index is 0.649. The average molecular weight is 284 g/mol. The van der Waals surface area contributed by atoms with Crippen molar-refractivity contribution in [1.29, 1.82) is 0 Å². The third-order valence-corrected chi connectivity index (χ3v) is 6.40. The molecule has 3 aliphatic rings. The number of nitrogens with zero attached hydrogens (tertiary/aromatic N) is 1. The van der Waals surface area contributed by atoms with E-state index in [0.717, 1.165) is 24.3 Å². The van der Waals surface area contributed by atoms with Gasteiger partial charge in [0, 0.05) is 23.9 Å². The monoisotopic (exact) mass is 284 g/mol. The highest BCUT2D eigenvalue weighted by Gasteiger charge is 2.41. The number of hydrogen-bond acceptors (Lipinski definition) is 2. The molecule has 1 aromatic heterocycles. The summed E-state index contributed by atoms with van der Waals surface area (Å²) >= 11 is 0. The van der Waals surface area contributed by atoms with Crippen molar-refractivity contribution in [3.8, 4) is 0 Å². The number of rotatable bonds is 5. The molecule has 2 bridgehead atoms. The molecule has 2 fully saturated rings. The van der Waals surface area contributed by atoms with E-state index in [2.05, 4.69) is 24.4 Å². The lowest BCUT2D eigenvalue weighted by Gasteiger charge is -2.31. The highest BCUT2D eigenvalue weighted by molar-refractivity contribution is 5.30. The fraction of sp³-hybridized carbons (Fsp3) is 0.737. The van der Waals surface area contributed by atoms with Gasteiger partial charge in [-0.1, -0.05) is 19.4 Å². The van der Waals surface area contributed by atoms with E-state index in [1.54, 1.807) is 0 Å². The molecule has 0 radical (unpaired) electrons. The summed E-state index contributed by atoms with van der Waals surface area (Å²) in [6.07, 6.45) is 12.0. The summed E-state index contributed by atoms with van der Waals surface area (Å²) < 4.78 is 0. The second kappa shape index (κ2) is 5.72. The van der Waals surface area contributed by atoms with Crippen LogP contribution in [0.1, 0.15) is 62.6 Å². The number of aryl methyl sites for hydroxylation is 1. The van der Waals surface area contributed by atoms with Crippen LogP contribution in [0, 0.1) is 17.8 Å². The molecule has 3 aliphatic carbocycles. The molecule has 5 atom stereocenters. The van der Waals surface area contributed by atoms with Gasteiger partial charge in [-0.05, 0) is 74.5 Å². The zero-order valence-electron chi connectivity index (χ0n) is 13.2. The summed E-state index contributed by atoms with van der Waals surface area (Å²) in [5.41, 5.74) is 2.89. The molecule has 0 aliphatic heterocycles. The summed E-state index contributed by atoms with van der Waals surface area (Å²) in [4.78, 5) is 4.73. The smallest absolute Gasteiger partial charge is 0.0482 e. The Morgan fingerprint density at radius 3 is 3.00 bits per heavy atom. The Morgan fingerprint density at radius 2 is 2.24 bits per heavy atom. The van der Waals surface area contributed by atoms with Crippen LogP contribution in [0.4, 0.5) is 0 Å². The highest BCUT2D eigenvalue weighted by atomic mass is 14.9. The second-order valence-corrected chi connectivity index (χ2v) is 7.53. The van der Waals surface area contributed by atoms with Gasteiger partial charge in [-0.2, -0.15) is 0 Å². The van der Waals surface area contributed by atoms with Crippen LogP contribution in [0.3, 0.4) is 0 Å². The number of fused-ring (bicyclic) bond motifs is 3. The molecular weight excluding hydrogens is 256 g/mol. The zero-order chi connectivity index (χ0) is 14.2. The topological polar surface area (TPSA) is 24.9 Å². The largest absolute Gasteiger partial charge is 0.314 e. The predicted octanol–water partition coefficient (Wildman–Crippen LogP) is 3.92. The Bertz CT molecular complexity index is 498. The SMILES string of the molecule is CCNC(CC1CC2CCC1C2)C1CCc2cccnc21. The van der Waals surface area contributed by atoms with Crippen LogP contribution in [0.25, 0.3) is 0 Å². The van der Waals surface area contributed by atoms with Gasteiger partial charge in [0.1, 0.15) is 0 Å². The summed E-state index contributed by atoms with van der Waals surface area (Å²) in [5.74, 6) is 3.75. The predicted molar refractivity (Wildman–Crippen MR) is 86.3 cm³/mol. The van der Waals surface area contributed by atoms with Crippen LogP contribution >= 0.6 is 0 Å². The Balaban J connectivity index is 1.50. The fourth-order valence-corrected chi connectivity index (χ4v) is 5.48. The zero-order valence-corrected chi connectivity index (χ0v) is 13.2. The average Bonchev–Trinajstić information content (AvgIpc) is 3.21. The third-order valence-electron chi connectivity index (χ3n) is 6.40. The van der Waals surface area contributed by atoms with Crippen LogP contribution in [0.5, 0.6) is 0 Å². The van der Waals surface area contributed by atoms with Gasteiger partial charge in [0.25, 0.3) is 0 Å². The van der Waals surface area contributed by atoms with Crippen molar-refractivity contribution in [3.63, 3.8) is 0 Å². The normalized spacial score (nSPS) is 35.1. The van der Waals surface area contributed by atoms with Gasteiger partial charge < -0.3 is 5.32 Å². The van der Waals surface area contributed by atoms with Crippen LogP contribution in [-0.2, 0) is 6.42 Å². The number of aromatic nitrogens is 1. The first-order chi connectivity index (χ1) is 10.3. The maximum Gasteiger partial charge on any atom is 0.0482 e. The first-order valence-corrected chi connectivity index (χ1v) is 9.02. The van der Waals surface area contributed by atoms with Crippen molar-refractivity contribution in [3.05, 3.63) is 29.6 Å². The third kappa shape index (κ3) is 2.52. The van der Waals surface area contributed by atoms with E-state index in [1.165, 1.54) is 56.2 Å². The van der Waals surface area contributed by atoms with Gasteiger partial charge in [-0.15, -0.1) is 0 Å². The highest BCUT2D eigenvalue weighted by Crippen LogP contribution is 2.51. The molecule has 0 saturated heterocycles. The van der Waals surface area contributed by atoms with E-state index in [4.69, 9.17) is 4.98 Å². The molecule has 2 heteroatoms. The lowest BCUT2D eigenvalue weighted by Crippen LogP contribution is -2.37. The van der Waals surface area contributed by atoms with Gasteiger partial charge in [-0.25, -0.2) is 0 Å². The van der Waals surface area contributed by atoms with Crippen molar-refractivity contribution in [1.82, 2.24) is 10.3 Å². The molecule has 1 N–H and O–H groups in total. The quantitative estimate of drug-likeness (QED) is 0.886. The summed E-state index contributed by atoms with van der Waals surface area (Å²) in [5, 5.41) is 3.81. The van der Waals surface area contributed by atoms with Gasteiger partial charge in [0.2, 0.25) is 0 Å². The standard InChI is InChI=1S/C19H28N2/c1-2-20-18(12-16-11-13-5-6-15(16)10-13)17-8-7-14-4-3-9-21-19(14)17/h3-4,9,13,15-18,20H,2,5-8,10-12H2,1H3. The van der Waals surface area contributed by atoms with E-state index in [1.807, 2.05) is 6.20 Å². The number of hydrogen-bond donors (Lipinski definition) is 1. The van der Waals surface area contributed by atoms with Gasteiger partial charge in [0.15, 0.2) is 0 Å². The Kier molecular flexibility index (Phi) is 3.74. The van der Waals surface area contributed by atoms with E-state index in [-0.39, 0.29) is 0 Å². The Morgan fingerprint density at radius 1 is 1.29 bits per heavy atom. The van der Waals surface area contributed by atoms with E-state index in [0.29, 0.717) is 12.0 Å². The Hall–Kier alpha value is -0.890. The maximum absolute atomic E-state index is 4.73. The molecule has 1 aromatic rings. The molecule has 1 heterocycles. The number of likely N-dealkylation sites (N-methyl/N-ethyl adjacent to an activating group) is 1. The summed E-state index contributed by atoms with van der Waals surface area (Å²) in [6, 6.07) is 5.03. The molecule has 114 valence electrons. The molecule has 0 amide bonds. The number of nitrogens with one attached hydrogen (secondary N) is 1. The van der Waals surface area contributed by atoms with Crippen LogP contribution in [0.15, 0.2) is 18.3 Å². The molecule has 5 unspecified atom stereocenters. The van der Waals surface area contributed by atoms with Crippen LogP contribution in [-0.4, -0.2) is 17.6 Å². The fourth-order valence-electron chi connectivity index (χ4n) is 5.48. The first kappa shape index (κ1) is 13.8. The van der Waals surface area contributed by atoms with Gasteiger partial charge >= 0.3 is 0 Å². The molecule has 0 aromatic carbocycles. The maximum atomic E-state index is 4.73. The van der Waals surface area contributed by atoms with E-state index in [9.17, 15) is 0 Å². The van der Waals surface area contributed by atoms with Crippen molar-refractivity contribution >= 4 is 0 Å². The van der Waals surface area contributed by atoms with Crippen molar-refractivity contribution in [2.45, 2.75) is 63.8 Å². The number of pyridine rings is 1. The van der Waals surface area contributed by atoms with E-state index >= 15 is 0 Å². The van der Waals surface area contributed by atoms with Gasteiger partial charge in [0.05, 0.1) is 0 Å². The lowest BCUT2D eigenvalue weighted by atomic mass is 9.80. The molecule has 21 heavy (non-hydrogen) atoms. The molecule has 0 spiro atoms. The minimum atomic E-state index is 0.649. The lowest BCUT2D eigenvalue weighted by molar-refractivity contribution is 0.260. The van der Waals surface area contributed by atoms with Crippen molar-refractivity contribution in [2.75, 3.05) is 6.54 Å². The van der Waals surface area contributed by atoms with Crippen molar-refractivity contribution < 1.29 is 0 Å². The van der Waals surface area contributed by atoms with E-state index < -0.39 is 0 Å². The van der Waals surface area contributed by atoms with Gasteiger partial charge in [-0.3, -0.25) is 4.98 Å².